The maximum atomic E-state index is 13.8. The van der Waals surface area contributed by atoms with Gasteiger partial charge in [0.1, 0.15) is 5.82 Å². The van der Waals surface area contributed by atoms with Gasteiger partial charge in [0.25, 0.3) is 0 Å². The number of rotatable bonds is 8. The fourth-order valence-corrected chi connectivity index (χ4v) is 6.97. The van der Waals surface area contributed by atoms with Gasteiger partial charge in [0.2, 0.25) is 15.9 Å². The van der Waals surface area contributed by atoms with Crippen molar-refractivity contribution in [2.75, 3.05) is 13.3 Å². The monoisotopic (exact) mass is 634 g/mol. The number of carbonyl (C=O) groups is 1. The van der Waals surface area contributed by atoms with Crippen molar-refractivity contribution >= 4 is 28.5 Å². The first kappa shape index (κ1) is 31.5. The molecule has 1 aliphatic carbocycles. The maximum Gasteiger partial charge on any atom is 0.495 e. The highest BCUT2D eigenvalue weighted by molar-refractivity contribution is 7.88. The van der Waals surface area contributed by atoms with Crippen molar-refractivity contribution < 1.29 is 26.9 Å². The number of hydrogen-bond acceptors (Lipinski definition) is 7. The number of fused-ring (bicyclic) bond motifs is 1. The Labute approximate surface area is 265 Å². The smallest absolute Gasteiger partial charge is 0.399 e. The van der Waals surface area contributed by atoms with Gasteiger partial charge in [-0.25, -0.2) is 18.2 Å². The lowest BCUT2D eigenvalue weighted by Gasteiger charge is -2.34. The minimum Gasteiger partial charge on any atom is -0.399 e. The summed E-state index contributed by atoms with van der Waals surface area (Å²) in [4.78, 5) is 13.3. The fraction of sp³-hybridized carbons (Fsp3) is 0.424. The van der Waals surface area contributed by atoms with Crippen LogP contribution in [0.2, 0.25) is 0 Å². The number of nitrogens with zero attached hydrogens (tertiary/aromatic N) is 2. The number of amides is 1. The summed E-state index contributed by atoms with van der Waals surface area (Å²) in [7, 11) is -2.70. The van der Waals surface area contributed by atoms with Crippen LogP contribution in [0.3, 0.4) is 0 Å². The molecule has 9 nitrogen and oxygen atoms in total. The van der Waals surface area contributed by atoms with Gasteiger partial charge in [-0.3, -0.25) is 14.1 Å². The van der Waals surface area contributed by atoms with Crippen LogP contribution in [-0.2, 0) is 36.2 Å². The lowest BCUT2D eigenvalue weighted by molar-refractivity contribution is -0.126. The van der Waals surface area contributed by atoms with Gasteiger partial charge in [-0.15, -0.1) is 0 Å². The van der Waals surface area contributed by atoms with Crippen LogP contribution < -0.4 is 16.2 Å². The molecule has 2 aromatic rings. The van der Waals surface area contributed by atoms with E-state index in [4.69, 9.17) is 9.31 Å². The highest BCUT2D eigenvalue weighted by Crippen LogP contribution is 2.46. The molecule has 6 rings (SSSR count). The number of aryl methyl sites for hydroxylation is 1. The third-order valence-corrected chi connectivity index (χ3v) is 10.7. The van der Waals surface area contributed by atoms with Gasteiger partial charge in [0, 0.05) is 13.2 Å². The topological polar surface area (TPSA) is 100 Å². The summed E-state index contributed by atoms with van der Waals surface area (Å²) >= 11 is 0. The quantitative estimate of drug-likeness (QED) is 0.427. The molecule has 238 valence electrons. The SMILES string of the molecule is CNC(=O)C1(c2ccc(F)cc2)C=C2C=C(C3CC3)C(N(Cc3ccc(B4OC(C)(C)C(C)(C)O4)c(C)c3)S(C)(=O)=O)=CN2N1. The Morgan fingerprint density at radius 3 is 2.31 bits per heavy atom. The summed E-state index contributed by atoms with van der Waals surface area (Å²) in [5.74, 6) is -0.531. The summed E-state index contributed by atoms with van der Waals surface area (Å²) < 4.78 is 54.6. The maximum absolute atomic E-state index is 13.8. The van der Waals surface area contributed by atoms with Crippen molar-refractivity contribution in [3.63, 3.8) is 0 Å². The van der Waals surface area contributed by atoms with E-state index in [1.165, 1.54) is 22.7 Å². The van der Waals surface area contributed by atoms with Gasteiger partial charge in [-0.1, -0.05) is 35.9 Å². The van der Waals surface area contributed by atoms with Crippen LogP contribution >= 0.6 is 0 Å². The zero-order valence-corrected chi connectivity index (χ0v) is 27.6. The zero-order chi connectivity index (χ0) is 32.5. The molecule has 2 aromatic carbocycles. The van der Waals surface area contributed by atoms with E-state index in [1.807, 2.05) is 58.9 Å². The van der Waals surface area contributed by atoms with E-state index in [9.17, 15) is 17.6 Å². The highest BCUT2D eigenvalue weighted by atomic mass is 32.2. The summed E-state index contributed by atoms with van der Waals surface area (Å²) in [6.45, 7) is 10.1. The minimum absolute atomic E-state index is 0.116. The number of carbonyl (C=O) groups excluding carboxylic acids is 1. The summed E-state index contributed by atoms with van der Waals surface area (Å²) in [5, 5.41) is 4.40. The number of allylic oxidation sites excluding steroid dienone is 2. The Hall–Kier alpha value is -3.45. The van der Waals surface area contributed by atoms with Gasteiger partial charge in [0.15, 0.2) is 5.54 Å². The van der Waals surface area contributed by atoms with Crippen molar-refractivity contribution in [2.24, 2.45) is 5.92 Å². The van der Waals surface area contributed by atoms with Gasteiger partial charge in [-0.2, -0.15) is 0 Å². The lowest BCUT2D eigenvalue weighted by Crippen LogP contribution is -2.53. The van der Waals surface area contributed by atoms with Crippen molar-refractivity contribution in [2.45, 2.75) is 70.7 Å². The molecule has 0 radical (unpaired) electrons. The van der Waals surface area contributed by atoms with E-state index in [-0.39, 0.29) is 18.4 Å². The summed E-state index contributed by atoms with van der Waals surface area (Å²) in [5.41, 5.74) is 6.38. The Morgan fingerprint density at radius 1 is 1.11 bits per heavy atom. The van der Waals surface area contributed by atoms with Crippen LogP contribution in [0.15, 0.2) is 77.8 Å². The molecule has 2 N–H and O–H groups in total. The Bertz CT molecular complexity index is 1730. The number of halogens is 1. The van der Waals surface area contributed by atoms with Crippen LogP contribution in [0.25, 0.3) is 0 Å². The molecule has 1 unspecified atom stereocenters. The van der Waals surface area contributed by atoms with Crippen LogP contribution in [-0.4, -0.2) is 55.3 Å². The zero-order valence-electron chi connectivity index (χ0n) is 26.8. The molecule has 1 atom stereocenters. The molecule has 45 heavy (non-hydrogen) atoms. The highest BCUT2D eigenvalue weighted by Gasteiger charge is 2.52. The number of hydrazine groups is 1. The average molecular weight is 635 g/mol. The van der Waals surface area contributed by atoms with Gasteiger partial charge in [-0.05, 0) is 99.8 Å². The third-order valence-electron chi connectivity index (χ3n) is 9.53. The molecule has 0 bridgehead atoms. The number of nitrogens with one attached hydrogen (secondary N) is 2. The first-order chi connectivity index (χ1) is 21.0. The Morgan fingerprint density at radius 2 is 1.76 bits per heavy atom. The molecule has 1 saturated heterocycles. The van der Waals surface area contributed by atoms with Crippen LogP contribution in [0, 0.1) is 18.7 Å². The van der Waals surface area contributed by atoms with E-state index in [2.05, 4.69) is 10.7 Å². The Kier molecular flexibility index (Phi) is 7.59. The van der Waals surface area contributed by atoms with Crippen LogP contribution in [0.5, 0.6) is 0 Å². The van der Waals surface area contributed by atoms with Gasteiger partial charge in [0.05, 0.1) is 35.4 Å². The molecule has 1 saturated carbocycles. The molecule has 0 spiro atoms. The van der Waals surface area contributed by atoms with Crippen molar-refractivity contribution in [1.29, 1.82) is 0 Å². The number of sulfonamides is 1. The van der Waals surface area contributed by atoms with Crippen LogP contribution in [0.4, 0.5) is 4.39 Å². The molecular formula is C33H40BFN4O5S. The second kappa shape index (κ2) is 10.8. The number of hydrogen-bond donors (Lipinski definition) is 2. The van der Waals surface area contributed by atoms with Gasteiger partial charge < -0.3 is 14.6 Å². The Balaban J connectivity index is 1.34. The summed E-state index contributed by atoms with van der Waals surface area (Å²) in [6, 6.07) is 11.6. The molecular weight excluding hydrogens is 594 g/mol. The average Bonchev–Trinajstić information content (AvgIpc) is 3.69. The van der Waals surface area contributed by atoms with Crippen molar-refractivity contribution in [1.82, 2.24) is 20.1 Å². The van der Waals surface area contributed by atoms with Crippen molar-refractivity contribution in [3.8, 4) is 0 Å². The van der Waals surface area contributed by atoms with E-state index in [1.54, 1.807) is 36.5 Å². The normalized spacial score (nSPS) is 23.7. The van der Waals surface area contributed by atoms with Crippen LogP contribution in [0.1, 0.15) is 57.2 Å². The predicted octanol–water partition coefficient (Wildman–Crippen LogP) is 3.73. The van der Waals surface area contributed by atoms with E-state index < -0.39 is 39.7 Å². The molecule has 4 aliphatic rings. The number of benzene rings is 2. The number of likely N-dealkylation sites (N-methyl/N-ethyl adjacent to an activating group) is 1. The molecule has 0 aromatic heterocycles. The standard InChI is InChI=1S/C33H40BFN4O5S/c1-21-16-22(8-15-28(21)34-43-31(2,3)32(4,5)44-34)19-39(45(7,41)42)29-20-38-26(17-27(29)23-9-10-23)18-33(37-38,30(40)36-6)24-11-13-25(35)14-12-24/h8,11-18,20,23,37H,9-10,19H2,1-7H3,(H,36,40). The predicted molar refractivity (Wildman–Crippen MR) is 171 cm³/mol. The molecule has 2 fully saturated rings. The third kappa shape index (κ3) is 5.62. The van der Waals surface area contributed by atoms with E-state index in [0.717, 1.165) is 35.0 Å². The molecule has 3 heterocycles. The lowest BCUT2D eigenvalue weighted by atomic mass is 9.76. The molecule has 12 heteroatoms. The van der Waals surface area contributed by atoms with E-state index in [0.29, 0.717) is 17.0 Å². The summed E-state index contributed by atoms with van der Waals surface area (Å²) in [6.07, 6.45) is 8.61. The molecule has 1 amide bonds. The first-order valence-electron chi connectivity index (χ1n) is 15.2. The first-order valence-corrected chi connectivity index (χ1v) is 17.0. The second-order valence-corrected chi connectivity index (χ2v) is 15.3. The fourth-order valence-electron chi connectivity index (χ4n) is 6.08. The molecule has 3 aliphatic heterocycles. The second-order valence-electron chi connectivity index (χ2n) is 13.4. The van der Waals surface area contributed by atoms with Crippen molar-refractivity contribution in [3.05, 3.63) is 100 Å². The minimum atomic E-state index is -3.73. The van der Waals surface area contributed by atoms with Gasteiger partial charge >= 0.3 is 7.12 Å². The largest absolute Gasteiger partial charge is 0.495 e. The van der Waals surface area contributed by atoms with E-state index >= 15 is 0 Å².